The summed E-state index contributed by atoms with van der Waals surface area (Å²) < 4.78 is 0. The number of hydrazine groups is 1. The summed E-state index contributed by atoms with van der Waals surface area (Å²) in [7, 11) is 0. The van der Waals surface area contributed by atoms with Crippen molar-refractivity contribution < 1.29 is 4.79 Å². The molecule has 0 saturated heterocycles. The Labute approximate surface area is 113 Å². The van der Waals surface area contributed by atoms with E-state index in [9.17, 15) is 4.79 Å². The van der Waals surface area contributed by atoms with Crippen LogP contribution in [0.2, 0.25) is 0 Å². The first-order chi connectivity index (χ1) is 8.58. The number of thioether (sulfide) groups is 1. The molecule has 18 heavy (non-hydrogen) atoms. The maximum atomic E-state index is 12.0. The quantitative estimate of drug-likeness (QED) is 0.545. The van der Waals surface area contributed by atoms with Crippen molar-refractivity contribution in [3.05, 3.63) is 29.3 Å². The van der Waals surface area contributed by atoms with Crippen LogP contribution in [-0.2, 0) is 0 Å². The van der Waals surface area contributed by atoms with Gasteiger partial charge in [-0.25, -0.2) is 0 Å². The molecule has 0 bridgehead atoms. The van der Waals surface area contributed by atoms with E-state index in [0.29, 0.717) is 18.0 Å². The van der Waals surface area contributed by atoms with Crippen molar-refractivity contribution in [3.63, 3.8) is 0 Å². The molecule has 0 spiro atoms. The first-order valence-corrected chi connectivity index (χ1v) is 7.32. The van der Waals surface area contributed by atoms with Crippen LogP contribution in [0.5, 0.6) is 0 Å². The molecule has 0 aliphatic rings. The second kappa shape index (κ2) is 7.28. The fourth-order valence-electron chi connectivity index (χ4n) is 1.71. The van der Waals surface area contributed by atoms with E-state index in [1.807, 2.05) is 13.0 Å². The second-order valence-corrected chi connectivity index (χ2v) is 5.36. The van der Waals surface area contributed by atoms with E-state index in [1.165, 1.54) is 0 Å². The summed E-state index contributed by atoms with van der Waals surface area (Å²) in [6.45, 7) is 4.74. The smallest absolute Gasteiger partial charge is 0.251 e. The van der Waals surface area contributed by atoms with Gasteiger partial charge in [0, 0.05) is 17.8 Å². The molecule has 0 aliphatic heterocycles. The molecular formula is C13H21N3OS. The minimum atomic E-state index is -0.0241. The molecule has 100 valence electrons. The zero-order valence-corrected chi connectivity index (χ0v) is 11.9. The Morgan fingerprint density at radius 2 is 2.22 bits per heavy atom. The molecule has 1 amide bonds. The number of rotatable bonds is 6. The minimum Gasteiger partial charge on any atom is -0.352 e. The summed E-state index contributed by atoms with van der Waals surface area (Å²) in [6.07, 6.45) is 2.07. The highest BCUT2D eigenvalue weighted by Crippen LogP contribution is 2.14. The molecule has 1 rings (SSSR count). The van der Waals surface area contributed by atoms with Gasteiger partial charge in [0.1, 0.15) is 0 Å². The van der Waals surface area contributed by atoms with E-state index < -0.39 is 0 Å². The molecule has 5 heteroatoms. The fraction of sp³-hybridized carbons (Fsp3) is 0.462. The monoisotopic (exact) mass is 267 g/mol. The summed E-state index contributed by atoms with van der Waals surface area (Å²) in [4.78, 5) is 12.0. The Bertz CT molecular complexity index is 409. The first kappa shape index (κ1) is 14.9. The zero-order valence-electron chi connectivity index (χ0n) is 11.1. The number of nitrogens with two attached hydrogens (primary N) is 1. The average molecular weight is 267 g/mol. The molecule has 1 aromatic carbocycles. The minimum absolute atomic E-state index is 0.0241. The summed E-state index contributed by atoms with van der Waals surface area (Å²) in [5, 5.41) is 2.96. The molecule has 1 unspecified atom stereocenters. The Balaban J connectivity index is 2.61. The molecule has 0 saturated carbocycles. The lowest BCUT2D eigenvalue weighted by atomic mass is 10.1. The standard InChI is InChI=1S/C13H21N3OS/c1-9(8-18-3)7-15-13(17)12-5-4-11(16-14)6-10(12)2/h4-6,9,16H,7-8,14H2,1-3H3,(H,15,17). The van der Waals surface area contributed by atoms with Crippen LogP contribution in [0, 0.1) is 12.8 Å². The zero-order chi connectivity index (χ0) is 13.5. The lowest BCUT2D eigenvalue weighted by Gasteiger charge is -2.13. The van der Waals surface area contributed by atoms with Gasteiger partial charge in [-0.1, -0.05) is 6.92 Å². The molecule has 4 nitrogen and oxygen atoms in total. The highest BCUT2D eigenvalue weighted by atomic mass is 32.2. The van der Waals surface area contributed by atoms with Crippen molar-refractivity contribution in [2.75, 3.05) is 24.0 Å². The van der Waals surface area contributed by atoms with Crippen LogP contribution >= 0.6 is 11.8 Å². The molecule has 0 fully saturated rings. The number of nitrogen functional groups attached to an aromatic ring is 1. The summed E-state index contributed by atoms with van der Waals surface area (Å²) >= 11 is 1.79. The number of carbonyl (C=O) groups excluding carboxylic acids is 1. The van der Waals surface area contributed by atoms with Gasteiger partial charge < -0.3 is 10.7 Å². The van der Waals surface area contributed by atoms with Crippen LogP contribution in [0.25, 0.3) is 0 Å². The number of hydrogen-bond donors (Lipinski definition) is 3. The number of nitrogens with one attached hydrogen (secondary N) is 2. The number of hydrogen-bond acceptors (Lipinski definition) is 4. The largest absolute Gasteiger partial charge is 0.352 e. The summed E-state index contributed by atoms with van der Waals surface area (Å²) in [6, 6.07) is 5.45. The van der Waals surface area contributed by atoms with Crippen LogP contribution in [0.1, 0.15) is 22.8 Å². The van der Waals surface area contributed by atoms with Gasteiger partial charge in [-0.2, -0.15) is 11.8 Å². The van der Waals surface area contributed by atoms with Gasteiger partial charge in [0.2, 0.25) is 0 Å². The maximum absolute atomic E-state index is 12.0. The Morgan fingerprint density at radius 3 is 2.78 bits per heavy atom. The third-order valence-corrected chi connectivity index (χ3v) is 3.60. The highest BCUT2D eigenvalue weighted by Gasteiger charge is 2.10. The predicted molar refractivity (Wildman–Crippen MR) is 78.9 cm³/mol. The topological polar surface area (TPSA) is 67.2 Å². The van der Waals surface area contributed by atoms with Gasteiger partial charge in [0.15, 0.2) is 0 Å². The summed E-state index contributed by atoms with van der Waals surface area (Å²) in [5.74, 6) is 6.83. The van der Waals surface area contributed by atoms with Crippen molar-refractivity contribution in [2.45, 2.75) is 13.8 Å². The van der Waals surface area contributed by atoms with Crippen molar-refractivity contribution in [3.8, 4) is 0 Å². The van der Waals surface area contributed by atoms with E-state index >= 15 is 0 Å². The van der Waals surface area contributed by atoms with Gasteiger partial charge in [0.05, 0.1) is 0 Å². The lowest BCUT2D eigenvalue weighted by molar-refractivity contribution is 0.0948. The van der Waals surface area contributed by atoms with Crippen LogP contribution in [-0.4, -0.2) is 24.5 Å². The second-order valence-electron chi connectivity index (χ2n) is 4.44. The lowest BCUT2D eigenvalue weighted by Crippen LogP contribution is -2.29. The Hall–Kier alpha value is -1.20. The third kappa shape index (κ3) is 4.23. The maximum Gasteiger partial charge on any atom is 0.251 e. The van der Waals surface area contributed by atoms with Crippen LogP contribution in [0.3, 0.4) is 0 Å². The van der Waals surface area contributed by atoms with E-state index in [2.05, 4.69) is 23.9 Å². The van der Waals surface area contributed by atoms with Crippen molar-refractivity contribution in [2.24, 2.45) is 11.8 Å². The van der Waals surface area contributed by atoms with E-state index in [0.717, 1.165) is 17.0 Å². The SMILES string of the molecule is CSCC(C)CNC(=O)c1ccc(NN)cc1C. The molecule has 1 atom stereocenters. The van der Waals surface area contributed by atoms with Gasteiger partial charge in [-0.3, -0.25) is 10.6 Å². The van der Waals surface area contributed by atoms with Gasteiger partial charge >= 0.3 is 0 Å². The molecular weight excluding hydrogens is 246 g/mol. The van der Waals surface area contributed by atoms with Crippen molar-refractivity contribution in [1.82, 2.24) is 5.32 Å². The Morgan fingerprint density at radius 1 is 1.50 bits per heavy atom. The number of aryl methyl sites for hydroxylation is 1. The number of anilines is 1. The number of benzene rings is 1. The molecule has 0 heterocycles. The number of amides is 1. The predicted octanol–water partition coefficient (Wildman–Crippen LogP) is 2.01. The average Bonchev–Trinajstić information content (AvgIpc) is 2.36. The van der Waals surface area contributed by atoms with Gasteiger partial charge in [-0.15, -0.1) is 0 Å². The fourth-order valence-corrected chi connectivity index (χ4v) is 2.40. The number of carbonyl (C=O) groups is 1. The first-order valence-electron chi connectivity index (χ1n) is 5.93. The molecule has 0 radical (unpaired) electrons. The highest BCUT2D eigenvalue weighted by molar-refractivity contribution is 7.98. The van der Waals surface area contributed by atoms with Gasteiger partial charge in [-0.05, 0) is 48.6 Å². The van der Waals surface area contributed by atoms with Crippen LogP contribution in [0.4, 0.5) is 5.69 Å². The normalized spacial score (nSPS) is 12.0. The van der Waals surface area contributed by atoms with Crippen molar-refractivity contribution >= 4 is 23.4 Å². The van der Waals surface area contributed by atoms with Crippen LogP contribution < -0.4 is 16.6 Å². The van der Waals surface area contributed by atoms with Crippen LogP contribution in [0.15, 0.2) is 18.2 Å². The van der Waals surface area contributed by atoms with E-state index in [-0.39, 0.29) is 5.91 Å². The van der Waals surface area contributed by atoms with Gasteiger partial charge in [0.25, 0.3) is 5.91 Å². The van der Waals surface area contributed by atoms with Crippen molar-refractivity contribution in [1.29, 1.82) is 0 Å². The van der Waals surface area contributed by atoms with E-state index in [1.54, 1.807) is 23.9 Å². The summed E-state index contributed by atoms with van der Waals surface area (Å²) in [5.41, 5.74) is 4.99. The molecule has 4 N–H and O–H groups in total. The van der Waals surface area contributed by atoms with E-state index in [4.69, 9.17) is 5.84 Å². The molecule has 0 aliphatic carbocycles. The molecule has 1 aromatic rings. The molecule has 0 aromatic heterocycles. The third-order valence-electron chi connectivity index (χ3n) is 2.70. The Kier molecular flexibility index (Phi) is 6.01.